The number of unbranched alkanes of at least 4 members (excludes halogenated alkanes) is 1. The number of carbonyl (C=O) groups is 1. The number of amides is 1. The van der Waals surface area contributed by atoms with E-state index in [4.69, 9.17) is 17.5 Å². The van der Waals surface area contributed by atoms with Crippen molar-refractivity contribution in [3.63, 3.8) is 0 Å². The number of nitrogens with zero attached hydrogens (tertiary/aromatic N) is 1. The quantitative estimate of drug-likeness (QED) is 0.410. The minimum absolute atomic E-state index is 0.0534. The molecule has 0 spiro atoms. The van der Waals surface area contributed by atoms with Crippen LogP contribution in [0.1, 0.15) is 30.1 Å². The molecule has 0 saturated carbocycles. The highest BCUT2D eigenvalue weighted by Gasteiger charge is 2.17. The van der Waals surface area contributed by atoms with E-state index >= 15 is 0 Å². The van der Waals surface area contributed by atoms with Crippen LogP contribution in [0.25, 0.3) is 0 Å². The van der Waals surface area contributed by atoms with Crippen molar-refractivity contribution in [1.29, 1.82) is 0 Å². The van der Waals surface area contributed by atoms with E-state index in [1.54, 1.807) is 6.07 Å². The van der Waals surface area contributed by atoms with Crippen LogP contribution in [-0.4, -0.2) is 33.1 Å². The molecule has 0 bridgehead atoms. The van der Waals surface area contributed by atoms with Crippen molar-refractivity contribution >= 4 is 39.2 Å². The molecule has 0 aliphatic carbocycles. The van der Waals surface area contributed by atoms with Gasteiger partial charge in [-0.05, 0) is 24.6 Å². The van der Waals surface area contributed by atoms with E-state index in [0.717, 1.165) is 19.1 Å². The van der Waals surface area contributed by atoms with Crippen molar-refractivity contribution in [3.05, 3.63) is 23.8 Å². The number of nitrogens with one attached hydrogen (secondary N) is 2. The Morgan fingerprint density at radius 1 is 1.41 bits per heavy atom. The van der Waals surface area contributed by atoms with Gasteiger partial charge in [0, 0.05) is 30.1 Å². The number of sulfone groups is 1. The van der Waals surface area contributed by atoms with Gasteiger partial charge in [-0.3, -0.25) is 10.1 Å². The zero-order valence-corrected chi connectivity index (χ0v) is 14.0. The van der Waals surface area contributed by atoms with Crippen LogP contribution in [0.4, 0.5) is 5.69 Å². The Morgan fingerprint density at radius 3 is 2.64 bits per heavy atom. The molecule has 0 fully saturated rings. The third-order valence-electron chi connectivity index (χ3n) is 2.82. The van der Waals surface area contributed by atoms with Crippen LogP contribution in [0, 0.1) is 0 Å². The fourth-order valence-corrected chi connectivity index (χ4v) is 2.65. The molecular weight excluding hydrogens is 328 g/mol. The van der Waals surface area contributed by atoms with Gasteiger partial charge in [0.1, 0.15) is 0 Å². The minimum atomic E-state index is -3.49. The van der Waals surface area contributed by atoms with E-state index in [1.165, 1.54) is 12.1 Å². The van der Waals surface area contributed by atoms with Crippen LogP contribution >= 0.6 is 11.8 Å². The average molecular weight is 347 g/mol. The number of nitrogens with two attached hydrogens (primary N) is 1. The first-order chi connectivity index (χ1) is 10.3. The van der Waals surface area contributed by atoms with Crippen LogP contribution in [-0.2, 0) is 9.84 Å². The molecule has 0 aliphatic heterocycles. The van der Waals surface area contributed by atoms with Gasteiger partial charge in [0.2, 0.25) is 5.96 Å². The molecule has 22 heavy (non-hydrogen) atoms. The van der Waals surface area contributed by atoms with E-state index < -0.39 is 15.7 Å². The van der Waals surface area contributed by atoms with Gasteiger partial charge in [-0.25, -0.2) is 8.42 Å². The smallest absolute Gasteiger partial charge is 0.258 e. The normalized spacial score (nSPS) is 12.0. The van der Waals surface area contributed by atoms with E-state index in [1.807, 2.05) is 6.92 Å². The molecule has 9 heteroatoms. The lowest BCUT2D eigenvalue weighted by atomic mass is 10.2. The summed E-state index contributed by atoms with van der Waals surface area (Å²) in [4.78, 5) is 12.0. The Hall–Kier alpha value is -1.80. The predicted octanol–water partition coefficient (Wildman–Crippen LogP) is 1.50. The molecular formula is C13H19ClN4O3S. The summed E-state index contributed by atoms with van der Waals surface area (Å²) in [7, 11) is -3.49. The van der Waals surface area contributed by atoms with Gasteiger partial charge in [-0.15, -0.1) is 4.51 Å². The summed E-state index contributed by atoms with van der Waals surface area (Å²) in [5.74, 6) is -0.857. The van der Waals surface area contributed by atoms with Crippen molar-refractivity contribution in [1.82, 2.24) is 5.32 Å². The zero-order valence-electron chi connectivity index (χ0n) is 12.4. The largest absolute Gasteiger partial charge is 0.384 e. The number of anilines is 1. The second-order valence-electron chi connectivity index (χ2n) is 4.69. The second kappa shape index (κ2) is 8.00. The SMILES string of the molecule is CCCCNc1ccc(C(=O)N/C(N)=N\Cl)cc1S(C)(=O)=O. The molecule has 0 heterocycles. The molecule has 1 rings (SSSR count). The maximum absolute atomic E-state index is 11.9. The number of carbonyl (C=O) groups excluding carboxylic acids is 1. The Kier molecular flexibility index (Phi) is 6.63. The van der Waals surface area contributed by atoms with Gasteiger partial charge >= 0.3 is 0 Å². The molecule has 0 radical (unpaired) electrons. The van der Waals surface area contributed by atoms with E-state index in [-0.39, 0.29) is 16.4 Å². The second-order valence-corrected chi connectivity index (χ2v) is 6.84. The molecule has 0 aromatic heterocycles. The summed E-state index contributed by atoms with van der Waals surface area (Å²) < 4.78 is 26.9. The Balaban J connectivity index is 3.12. The summed E-state index contributed by atoms with van der Waals surface area (Å²) in [6, 6.07) is 4.34. The molecule has 1 aromatic rings. The summed E-state index contributed by atoms with van der Waals surface area (Å²) in [6.45, 7) is 2.69. The molecule has 0 unspecified atom stereocenters. The Morgan fingerprint density at radius 2 is 2.09 bits per heavy atom. The summed E-state index contributed by atoms with van der Waals surface area (Å²) in [5.41, 5.74) is 5.91. The van der Waals surface area contributed by atoms with Crippen LogP contribution in [0.2, 0.25) is 0 Å². The molecule has 7 nitrogen and oxygen atoms in total. The predicted molar refractivity (Wildman–Crippen MR) is 87.9 cm³/mol. The highest BCUT2D eigenvalue weighted by Crippen LogP contribution is 2.23. The number of hydrogen-bond acceptors (Lipinski definition) is 5. The van der Waals surface area contributed by atoms with Gasteiger partial charge in [0.25, 0.3) is 5.91 Å². The van der Waals surface area contributed by atoms with Crippen LogP contribution in [0.3, 0.4) is 0 Å². The van der Waals surface area contributed by atoms with Gasteiger partial charge in [0.05, 0.1) is 10.6 Å². The van der Waals surface area contributed by atoms with E-state index in [0.29, 0.717) is 12.2 Å². The third kappa shape index (κ3) is 5.19. The van der Waals surface area contributed by atoms with Crippen LogP contribution in [0.5, 0.6) is 0 Å². The van der Waals surface area contributed by atoms with Crippen molar-refractivity contribution in [2.24, 2.45) is 10.2 Å². The van der Waals surface area contributed by atoms with Crippen molar-refractivity contribution in [3.8, 4) is 0 Å². The molecule has 122 valence electrons. The summed E-state index contributed by atoms with van der Waals surface area (Å²) in [5, 5.41) is 5.30. The molecule has 1 aromatic carbocycles. The molecule has 0 atom stereocenters. The van der Waals surface area contributed by atoms with Crippen molar-refractivity contribution in [2.75, 3.05) is 18.1 Å². The van der Waals surface area contributed by atoms with Gasteiger partial charge in [-0.2, -0.15) is 0 Å². The summed E-state index contributed by atoms with van der Waals surface area (Å²) in [6.07, 6.45) is 2.98. The van der Waals surface area contributed by atoms with Crippen LogP contribution in [0.15, 0.2) is 27.6 Å². The maximum atomic E-state index is 11.9. The van der Waals surface area contributed by atoms with Crippen molar-refractivity contribution in [2.45, 2.75) is 24.7 Å². The first-order valence-corrected chi connectivity index (χ1v) is 8.86. The van der Waals surface area contributed by atoms with Gasteiger partial charge < -0.3 is 11.1 Å². The lowest BCUT2D eigenvalue weighted by Gasteiger charge is -2.12. The van der Waals surface area contributed by atoms with Crippen molar-refractivity contribution < 1.29 is 13.2 Å². The Labute approximate surface area is 135 Å². The first-order valence-electron chi connectivity index (χ1n) is 6.63. The Bertz CT molecular complexity index is 674. The van der Waals surface area contributed by atoms with Gasteiger partial charge in [-0.1, -0.05) is 13.3 Å². The minimum Gasteiger partial charge on any atom is -0.384 e. The number of benzene rings is 1. The fraction of sp³-hybridized carbons (Fsp3) is 0.385. The number of rotatable bonds is 6. The highest BCUT2D eigenvalue weighted by molar-refractivity contribution is 7.90. The first kappa shape index (κ1) is 18.2. The van der Waals surface area contributed by atoms with E-state index in [2.05, 4.69) is 15.1 Å². The van der Waals surface area contributed by atoms with E-state index in [9.17, 15) is 13.2 Å². The monoisotopic (exact) mass is 346 g/mol. The lowest BCUT2D eigenvalue weighted by Crippen LogP contribution is -2.36. The number of hydrogen-bond donors (Lipinski definition) is 3. The summed E-state index contributed by atoms with van der Waals surface area (Å²) >= 11 is 5.13. The fourth-order valence-electron chi connectivity index (χ4n) is 1.73. The number of guanidine groups is 1. The standard InChI is InChI=1S/C13H19ClN4O3S/c1-3-4-7-16-10-6-5-9(8-11(10)22(2,20)21)12(19)17-13(15)18-14/h5-6,8,16H,3-4,7H2,1-2H3,(H3,15,17,18,19). The van der Waals surface area contributed by atoms with Gasteiger partial charge in [0.15, 0.2) is 9.84 Å². The maximum Gasteiger partial charge on any atom is 0.258 e. The topological polar surface area (TPSA) is 114 Å². The zero-order chi connectivity index (χ0) is 16.8. The lowest BCUT2D eigenvalue weighted by molar-refractivity contribution is 0.0976. The number of halogens is 1. The molecule has 0 saturated heterocycles. The molecule has 0 aliphatic rings. The van der Waals surface area contributed by atoms with Crippen LogP contribution < -0.4 is 16.4 Å². The molecule has 4 N–H and O–H groups in total. The average Bonchev–Trinajstić information content (AvgIpc) is 2.46. The third-order valence-corrected chi connectivity index (χ3v) is 4.14. The molecule has 1 amide bonds. The highest BCUT2D eigenvalue weighted by atomic mass is 35.5.